The third kappa shape index (κ3) is 4.55. The first kappa shape index (κ1) is 20.0. The van der Waals surface area contributed by atoms with Gasteiger partial charge in [0.1, 0.15) is 24.3 Å². The van der Waals surface area contributed by atoms with E-state index in [2.05, 4.69) is 25.0 Å². The van der Waals surface area contributed by atoms with Gasteiger partial charge < -0.3 is 5.32 Å². The Kier molecular flexibility index (Phi) is 6.05. The van der Waals surface area contributed by atoms with Crippen LogP contribution in [0.1, 0.15) is 23.9 Å². The van der Waals surface area contributed by atoms with Crippen LogP contribution in [0.3, 0.4) is 0 Å². The van der Waals surface area contributed by atoms with Crippen molar-refractivity contribution >= 4 is 15.8 Å². The van der Waals surface area contributed by atoms with E-state index in [1.54, 1.807) is 24.5 Å². The fraction of sp³-hybridized carbons (Fsp3) is 0.316. The first-order valence-corrected chi connectivity index (χ1v) is 10.5. The number of anilines is 1. The third-order valence-electron chi connectivity index (χ3n) is 4.52. The molecule has 0 saturated heterocycles. The Morgan fingerprint density at radius 3 is 2.43 bits per heavy atom. The molecule has 3 rings (SSSR count). The van der Waals surface area contributed by atoms with Gasteiger partial charge in [0.25, 0.3) is 0 Å². The molecule has 8 nitrogen and oxygen atoms in total. The number of benzene rings is 1. The van der Waals surface area contributed by atoms with Crippen LogP contribution < -0.4 is 10.0 Å². The summed E-state index contributed by atoms with van der Waals surface area (Å²) in [4.78, 5) is 13.0. The smallest absolute Gasteiger partial charge is 0.240 e. The fourth-order valence-corrected chi connectivity index (χ4v) is 3.70. The largest absolute Gasteiger partial charge is 0.369 e. The number of hydrogen-bond donors (Lipinski definition) is 2. The lowest BCUT2D eigenvalue weighted by molar-refractivity contribution is 0.583. The van der Waals surface area contributed by atoms with Crippen molar-refractivity contribution in [3.05, 3.63) is 59.9 Å². The summed E-state index contributed by atoms with van der Waals surface area (Å²) in [7, 11) is -3.53. The minimum atomic E-state index is -3.53. The normalized spacial score (nSPS) is 11.5. The molecule has 0 aliphatic carbocycles. The summed E-state index contributed by atoms with van der Waals surface area (Å²) in [6, 6.07) is 8.71. The summed E-state index contributed by atoms with van der Waals surface area (Å²) in [6.07, 6.45) is 4.05. The molecule has 0 saturated carbocycles. The van der Waals surface area contributed by atoms with E-state index in [1.807, 2.05) is 37.5 Å². The van der Waals surface area contributed by atoms with Gasteiger partial charge in [0.15, 0.2) is 0 Å². The molecule has 1 aromatic carbocycles. The number of nitrogens with zero attached hydrogens (tertiary/aromatic N) is 4. The third-order valence-corrected chi connectivity index (χ3v) is 5.99. The Bertz CT molecular complexity index is 1040. The predicted molar refractivity (Wildman–Crippen MR) is 108 cm³/mol. The van der Waals surface area contributed by atoms with E-state index in [0.29, 0.717) is 18.2 Å². The molecule has 0 amide bonds. The van der Waals surface area contributed by atoms with E-state index >= 15 is 0 Å². The topological polar surface area (TPSA) is 102 Å². The maximum atomic E-state index is 12.3. The molecule has 28 heavy (non-hydrogen) atoms. The van der Waals surface area contributed by atoms with Crippen molar-refractivity contribution in [2.24, 2.45) is 0 Å². The van der Waals surface area contributed by atoms with E-state index in [9.17, 15) is 8.42 Å². The van der Waals surface area contributed by atoms with Crippen LogP contribution in [0.5, 0.6) is 0 Å². The van der Waals surface area contributed by atoms with Gasteiger partial charge >= 0.3 is 0 Å². The molecule has 0 bridgehead atoms. The van der Waals surface area contributed by atoms with Gasteiger partial charge in [-0.3, -0.25) is 4.57 Å². The highest BCUT2D eigenvalue weighted by atomic mass is 32.2. The lowest BCUT2D eigenvalue weighted by Gasteiger charge is -2.10. The SMILES string of the molecule is CCc1ccc(S(=O)(=O)NCCNc2cc(-n3cnc(C)c3C)ncn2)cc1. The van der Waals surface area contributed by atoms with E-state index < -0.39 is 10.0 Å². The second-order valence-corrected chi connectivity index (χ2v) is 8.14. The van der Waals surface area contributed by atoms with Crippen molar-refractivity contribution in [1.82, 2.24) is 24.2 Å². The number of hydrogen-bond acceptors (Lipinski definition) is 6. The average molecular weight is 401 g/mol. The Hall–Kier alpha value is -2.78. The van der Waals surface area contributed by atoms with Crippen molar-refractivity contribution in [1.29, 1.82) is 0 Å². The van der Waals surface area contributed by atoms with Crippen LogP contribution in [0.4, 0.5) is 5.82 Å². The molecular formula is C19H24N6O2S. The molecule has 0 aliphatic heterocycles. The molecular weight excluding hydrogens is 376 g/mol. The van der Waals surface area contributed by atoms with Crippen molar-refractivity contribution in [2.75, 3.05) is 18.4 Å². The molecule has 2 aromatic heterocycles. The highest BCUT2D eigenvalue weighted by Gasteiger charge is 2.13. The number of aromatic nitrogens is 4. The van der Waals surface area contributed by atoms with E-state index in [1.165, 1.54) is 6.33 Å². The van der Waals surface area contributed by atoms with Gasteiger partial charge in [-0.1, -0.05) is 19.1 Å². The van der Waals surface area contributed by atoms with Gasteiger partial charge in [0.05, 0.1) is 10.6 Å². The molecule has 0 fully saturated rings. The molecule has 0 unspecified atom stereocenters. The summed E-state index contributed by atoms with van der Waals surface area (Å²) < 4.78 is 29.2. The molecule has 0 spiro atoms. The maximum absolute atomic E-state index is 12.3. The zero-order chi connectivity index (χ0) is 20.1. The van der Waals surface area contributed by atoms with Crippen molar-refractivity contribution in [3.8, 4) is 5.82 Å². The van der Waals surface area contributed by atoms with Gasteiger partial charge in [-0.2, -0.15) is 0 Å². The lowest BCUT2D eigenvalue weighted by Crippen LogP contribution is -2.29. The van der Waals surface area contributed by atoms with Gasteiger partial charge in [0.2, 0.25) is 10.0 Å². The predicted octanol–water partition coefficient (Wildman–Crippen LogP) is 2.23. The van der Waals surface area contributed by atoms with Gasteiger partial charge in [-0.15, -0.1) is 0 Å². The van der Waals surface area contributed by atoms with Crippen LogP contribution in [0.15, 0.2) is 47.9 Å². The average Bonchev–Trinajstić information content (AvgIpc) is 3.04. The van der Waals surface area contributed by atoms with Crippen molar-refractivity contribution in [2.45, 2.75) is 32.1 Å². The van der Waals surface area contributed by atoms with Gasteiger partial charge in [-0.05, 0) is 38.0 Å². The first-order chi connectivity index (χ1) is 13.4. The van der Waals surface area contributed by atoms with Crippen LogP contribution in [0, 0.1) is 13.8 Å². The Balaban J connectivity index is 1.58. The molecule has 0 radical (unpaired) electrons. The number of imidazole rings is 1. The maximum Gasteiger partial charge on any atom is 0.240 e. The summed E-state index contributed by atoms with van der Waals surface area (Å²) >= 11 is 0. The zero-order valence-corrected chi connectivity index (χ0v) is 17.0. The minimum absolute atomic E-state index is 0.237. The molecule has 0 atom stereocenters. The van der Waals surface area contributed by atoms with Crippen LogP contribution in [0.2, 0.25) is 0 Å². The van der Waals surface area contributed by atoms with Crippen LogP contribution in [-0.2, 0) is 16.4 Å². The van der Waals surface area contributed by atoms with Gasteiger partial charge in [0, 0.05) is 24.8 Å². The van der Waals surface area contributed by atoms with E-state index in [-0.39, 0.29) is 11.4 Å². The molecule has 3 aromatic rings. The highest BCUT2D eigenvalue weighted by Crippen LogP contribution is 2.14. The van der Waals surface area contributed by atoms with Gasteiger partial charge in [-0.25, -0.2) is 28.1 Å². The monoisotopic (exact) mass is 400 g/mol. The molecule has 2 heterocycles. The Morgan fingerprint density at radius 2 is 1.79 bits per heavy atom. The molecule has 9 heteroatoms. The van der Waals surface area contributed by atoms with Crippen molar-refractivity contribution < 1.29 is 8.42 Å². The summed E-state index contributed by atoms with van der Waals surface area (Å²) in [5.74, 6) is 1.31. The summed E-state index contributed by atoms with van der Waals surface area (Å²) in [5, 5.41) is 3.11. The Labute approximate surface area is 165 Å². The van der Waals surface area contributed by atoms with Crippen molar-refractivity contribution in [3.63, 3.8) is 0 Å². The number of sulfonamides is 1. The molecule has 148 valence electrons. The number of aryl methyl sites for hydroxylation is 2. The minimum Gasteiger partial charge on any atom is -0.369 e. The highest BCUT2D eigenvalue weighted by molar-refractivity contribution is 7.89. The quantitative estimate of drug-likeness (QED) is 0.562. The second kappa shape index (κ2) is 8.49. The second-order valence-electron chi connectivity index (χ2n) is 6.37. The number of rotatable bonds is 8. The summed E-state index contributed by atoms with van der Waals surface area (Å²) in [5.41, 5.74) is 3.05. The van der Waals surface area contributed by atoms with E-state index in [0.717, 1.165) is 23.4 Å². The fourth-order valence-electron chi connectivity index (χ4n) is 2.67. The summed E-state index contributed by atoms with van der Waals surface area (Å²) in [6.45, 7) is 6.57. The van der Waals surface area contributed by atoms with Crippen LogP contribution in [-0.4, -0.2) is 41.0 Å². The van der Waals surface area contributed by atoms with Crippen LogP contribution >= 0.6 is 0 Å². The molecule has 0 aliphatic rings. The molecule has 2 N–H and O–H groups in total. The standard InChI is InChI=1S/C19H24N6O2S/c1-4-16-5-7-17(8-6-16)28(26,27)24-10-9-20-18-11-19(22-12-21-18)25-13-23-14(2)15(25)3/h5-8,11-13,24H,4,9-10H2,1-3H3,(H,20,21,22). The first-order valence-electron chi connectivity index (χ1n) is 9.06. The van der Waals surface area contributed by atoms with E-state index in [4.69, 9.17) is 0 Å². The lowest BCUT2D eigenvalue weighted by atomic mass is 10.2. The Morgan fingerprint density at radius 1 is 1.04 bits per heavy atom. The zero-order valence-electron chi connectivity index (χ0n) is 16.2. The number of nitrogens with one attached hydrogen (secondary N) is 2. The van der Waals surface area contributed by atoms with Crippen LogP contribution in [0.25, 0.3) is 5.82 Å².